The molecule has 48 heavy (non-hydrogen) atoms. The molecule has 0 N–H and O–H groups in total. The molecule has 0 fully saturated rings. The second-order valence-electron chi connectivity index (χ2n) is 10.2. The number of nitrogens with zero attached hydrogens (tertiary/aromatic N) is 2. The van der Waals surface area contributed by atoms with E-state index in [0.717, 1.165) is 34.4 Å². The Morgan fingerprint density at radius 1 is 0.625 bits per heavy atom. The first-order valence-electron chi connectivity index (χ1n) is 14.1. The van der Waals surface area contributed by atoms with Crippen LogP contribution in [0.4, 0.5) is 11.8 Å². The van der Waals surface area contributed by atoms with Crippen LogP contribution >= 0.6 is 0 Å². The number of hydrogen-bond acceptors (Lipinski definition) is 12. The number of ether oxygens (including phenoxy) is 2. The minimum absolute atomic E-state index is 0.138. The van der Waals surface area contributed by atoms with E-state index in [1.807, 2.05) is 45.0 Å². The van der Waals surface area contributed by atoms with Gasteiger partial charge >= 0.3 is 23.7 Å². The lowest BCUT2D eigenvalue weighted by molar-refractivity contribution is -0.402. The van der Waals surface area contributed by atoms with Crippen molar-refractivity contribution < 1.29 is 47.3 Å². The number of furan rings is 2. The molecule has 0 aliphatic heterocycles. The number of ketones is 2. The molecule has 14 heteroatoms. The van der Waals surface area contributed by atoms with E-state index in [2.05, 4.69) is 0 Å². The highest BCUT2D eigenvalue weighted by atomic mass is 16.7. The van der Waals surface area contributed by atoms with Crippen molar-refractivity contribution in [2.45, 2.75) is 27.7 Å². The number of aryl methyl sites for hydroxylation is 4. The minimum atomic E-state index is -0.743. The maximum absolute atomic E-state index is 12.1. The molecule has 0 spiro atoms. The van der Waals surface area contributed by atoms with Gasteiger partial charge in [-0.1, -0.05) is 41.5 Å². The van der Waals surface area contributed by atoms with Crippen molar-refractivity contribution in [1.29, 1.82) is 0 Å². The van der Waals surface area contributed by atoms with Gasteiger partial charge in [0.2, 0.25) is 11.6 Å². The van der Waals surface area contributed by atoms with Gasteiger partial charge in [0, 0.05) is 23.3 Å². The second-order valence-corrected chi connectivity index (χ2v) is 10.2. The summed E-state index contributed by atoms with van der Waals surface area (Å²) in [5.41, 5.74) is 4.60. The largest absolute Gasteiger partial charge is 0.454 e. The number of rotatable bonds is 12. The van der Waals surface area contributed by atoms with Crippen LogP contribution in [0.3, 0.4) is 0 Å². The van der Waals surface area contributed by atoms with Gasteiger partial charge in [-0.05, 0) is 69.2 Å². The van der Waals surface area contributed by atoms with Crippen LogP contribution in [0.1, 0.15) is 54.5 Å². The van der Waals surface area contributed by atoms with E-state index in [-0.39, 0.29) is 36.3 Å². The molecule has 0 atom stereocenters. The van der Waals surface area contributed by atoms with Gasteiger partial charge in [0.15, 0.2) is 13.2 Å². The summed E-state index contributed by atoms with van der Waals surface area (Å²) < 4.78 is 19.5. The minimum Gasteiger partial charge on any atom is -0.454 e. The highest BCUT2D eigenvalue weighted by Crippen LogP contribution is 2.18. The third kappa shape index (κ3) is 10.9. The Balaban J connectivity index is 0.000000260. The van der Waals surface area contributed by atoms with Crippen LogP contribution in [0.15, 0.2) is 81.7 Å². The van der Waals surface area contributed by atoms with Gasteiger partial charge in [-0.25, -0.2) is 9.59 Å². The van der Waals surface area contributed by atoms with Gasteiger partial charge < -0.3 is 18.3 Å². The molecule has 2 aromatic carbocycles. The van der Waals surface area contributed by atoms with E-state index in [9.17, 15) is 39.4 Å². The van der Waals surface area contributed by atoms with E-state index in [1.165, 1.54) is 36.4 Å². The first-order valence-corrected chi connectivity index (χ1v) is 14.1. The van der Waals surface area contributed by atoms with Gasteiger partial charge in [-0.2, -0.15) is 0 Å². The molecule has 0 aliphatic carbocycles. The summed E-state index contributed by atoms with van der Waals surface area (Å²) in [4.78, 5) is 66.9. The van der Waals surface area contributed by atoms with Crippen LogP contribution in [-0.4, -0.2) is 46.6 Å². The van der Waals surface area contributed by atoms with Crippen LogP contribution in [0, 0.1) is 47.9 Å². The van der Waals surface area contributed by atoms with Crippen molar-refractivity contribution in [2.75, 3.05) is 13.2 Å². The third-order valence-corrected chi connectivity index (χ3v) is 6.42. The first kappa shape index (κ1) is 36.0. The van der Waals surface area contributed by atoms with Crippen LogP contribution < -0.4 is 0 Å². The zero-order valence-electron chi connectivity index (χ0n) is 26.3. The first-order chi connectivity index (χ1) is 22.7. The molecule has 0 amide bonds. The summed E-state index contributed by atoms with van der Waals surface area (Å²) in [6.07, 6.45) is 4.55. The highest BCUT2D eigenvalue weighted by molar-refractivity contribution is 6.00. The summed E-state index contributed by atoms with van der Waals surface area (Å²) >= 11 is 0. The number of Topliss-reactive ketones (excluding diaryl/α,β-unsaturated/α-hetero) is 2. The average molecular weight is 659 g/mol. The van der Waals surface area contributed by atoms with Crippen molar-refractivity contribution >= 4 is 47.4 Å². The van der Waals surface area contributed by atoms with Gasteiger partial charge in [-0.15, -0.1) is 0 Å². The molecule has 0 saturated heterocycles. The van der Waals surface area contributed by atoms with Gasteiger partial charge in [0.25, 0.3) is 0 Å². The number of benzene rings is 2. The fourth-order valence-electron chi connectivity index (χ4n) is 4.05. The van der Waals surface area contributed by atoms with Crippen LogP contribution in [0.25, 0.3) is 12.2 Å². The number of hydrogen-bond donors (Lipinski definition) is 0. The summed E-state index contributed by atoms with van der Waals surface area (Å²) in [6, 6.07) is 15.9. The Kier molecular flexibility index (Phi) is 12.6. The van der Waals surface area contributed by atoms with Crippen LogP contribution in [-0.2, 0) is 19.1 Å². The Labute approximate surface area is 273 Å². The fourth-order valence-corrected chi connectivity index (χ4v) is 4.05. The summed E-state index contributed by atoms with van der Waals surface area (Å²) in [5.74, 6) is -2.66. The van der Waals surface area contributed by atoms with E-state index in [1.54, 1.807) is 19.1 Å². The van der Waals surface area contributed by atoms with Crippen LogP contribution in [0.5, 0.6) is 0 Å². The smallest absolute Gasteiger partial charge is 0.433 e. The van der Waals surface area contributed by atoms with Crippen molar-refractivity contribution in [3.05, 3.63) is 138 Å². The lowest BCUT2D eigenvalue weighted by Gasteiger charge is -2.06. The van der Waals surface area contributed by atoms with E-state index in [4.69, 9.17) is 18.3 Å². The molecular weight excluding hydrogens is 628 g/mol. The maximum atomic E-state index is 12.1. The molecule has 0 aliphatic rings. The zero-order chi connectivity index (χ0) is 35.4. The molecule has 2 heterocycles. The summed E-state index contributed by atoms with van der Waals surface area (Å²) in [7, 11) is 0. The van der Waals surface area contributed by atoms with E-state index >= 15 is 0 Å². The van der Waals surface area contributed by atoms with Crippen LogP contribution in [0.2, 0.25) is 0 Å². The summed E-state index contributed by atoms with van der Waals surface area (Å²) in [6.45, 7) is 6.64. The van der Waals surface area contributed by atoms with Crippen molar-refractivity contribution in [3.63, 3.8) is 0 Å². The van der Waals surface area contributed by atoms with E-state index in [0.29, 0.717) is 11.1 Å². The monoisotopic (exact) mass is 658 g/mol. The van der Waals surface area contributed by atoms with Crippen molar-refractivity contribution in [1.82, 2.24) is 0 Å². The summed E-state index contributed by atoms with van der Waals surface area (Å²) in [5, 5.41) is 20.9. The topological polar surface area (TPSA) is 199 Å². The standard InChI is InChI=1S/2C17H15NO6/c1-11-3-6-14(12(2)9-11)15(19)10-23-17(20)8-5-13-4-7-16(24-13)18(21)22;1-11-3-4-12(2)14(9-11)15(19)10-23-17(20)8-6-13-5-7-16(24-13)18(21)22/h2*3-9H,10H2,1-2H3/b8-5+;8-6+. The Hall–Kier alpha value is -6.44. The normalized spacial score (nSPS) is 10.8. The second kappa shape index (κ2) is 16.7. The number of carbonyl (C=O) groups excluding carboxylic acids is 4. The van der Waals surface area contributed by atoms with Gasteiger partial charge in [0.1, 0.15) is 21.4 Å². The molecular formula is C34H30N2O12. The SMILES string of the molecule is Cc1ccc(C(=O)COC(=O)/C=C/c2ccc([N+](=O)[O-])o2)c(C)c1.Cc1ccc(C)c(C(=O)COC(=O)/C=C/c2ccc([N+](=O)[O-])o2)c1. The number of nitro groups is 2. The average Bonchev–Trinajstić information content (AvgIpc) is 3.72. The zero-order valence-corrected chi connectivity index (χ0v) is 26.3. The Bertz CT molecular complexity index is 1910. The lowest BCUT2D eigenvalue weighted by Crippen LogP contribution is -2.13. The molecule has 14 nitrogen and oxygen atoms in total. The van der Waals surface area contributed by atoms with Gasteiger partial charge in [0.05, 0.1) is 12.1 Å². The molecule has 248 valence electrons. The van der Waals surface area contributed by atoms with E-state index < -0.39 is 33.6 Å². The molecule has 4 aromatic rings. The van der Waals surface area contributed by atoms with Gasteiger partial charge in [-0.3, -0.25) is 29.8 Å². The Morgan fingerprint density at radius 3 is 1.54 bits per heavy atom. The molecule has 0 radical (unpaired) electrons. The Morgan fingerprint density at radius 2 is 1.08 bits per heavy atom. The number of carbonyl (C=O) groups is 4. The molecule has 0 unspecified atom stereocenters. The molecule has 0 bridgehead atoms. The molecule has 4 rings (SSSR count). The molecule has 0 saturated carbocycles. The molecule has 2 aromatic heterocycles. The number of esters is 2. The maximum Gasteiger partial charge on any atom is 0.433 e. The quantitative estimate of drug-likeness (QED) is 0.0528. The lowest BCUT2D eigenvalue weighted by atomic mass is 10.0. The van der Waals surface area contributed by atoms with Crippen molar-refractivity contribution in [3.8, 4) is 0 Å². The predicted molar refractivity (Wildman–Crippen MR) is 171 cm³/mol. The van der Waals surface area contributed by atoms with Crippen molar-refractivity contribution in [2.24, 2.45) is 0 Å². The highest BCUT2D eigenvalue weighted by Gasteiger charge is 2.14. The third-order valence-electron chi connectivity index (χ3n) is 6.42. The fraction of sp³-hybridized carbons (Fsp3) is 0.176. The predicted octanol–water partition coefficient (Wildman–Crippen LogP) is 6.49.